The number of pyridine rings is 1. The second-order valence-electron chi connectivity index (χ2n) is 7.04. The van der Waals surface area contributed by atoms with Gasteiger partial charge in [0.1, 0.15) is 6.04 Å². The van der Waals surface area contributed by atoms with Crippen molar-refractivity contribution in [2.45, 2.75) is 40.7 Å². The van der Waals surface area contributed by atoms with E-state index in [9.17, 15) is 9.59 Å². The SMILES string of the molecule is COC(=O)[C@@H](NC(=O)c1ccc(-n2nc(C)cc2C)nc1)C(C)(C)C. The van der Waals surface area contributed by atoms with Crippen molar-refractivity contribution in [2.24, 2.45) is 5.41 Å². The summed E-state index contributed by atoms with van der Waals surface area (Å²) >= 11 is 0. The van der Waals surface area contributed by atoms with Crippen LogP contribution >= 0.6 is 0 Å². The lowest BCUT2D eigenvalue weighted by molar-refractivity contribution is -0.145. The molecule has 0 saturated carbocycles. The Morgan fingerprint density at radius 2 is 1.92 bits per heavy atom. The van der Waals surface area contributed by atoms with Gasteiger partial charge in [0.2, 0.25) is 0 Å². The molecule has 0 aliphatic heterocycles. The van der Waals surface area contributed by atoms with Crippen LogP contribution in [0.15, 0.2) is 24.4 Å². The van der Waals surface area contributed by atoms with Crippen molar-refractivity contribution in [3.63, 3.8) is 0 Å². The maximum atomic E-state index is 12.5. The minimum atomic E-state index is -0.749. The van der Waals surface area contributed by atoms with Crippen LogP contribution in [0.5, 0.6) is 0 Å². The van der Waals surface area contributed by atoms with Crippen molar-refractivity contribution in [1.82, 2.24) is 20.1 Å². The van der Waals surface area contributed by atoms with Gasteiger partial charge in [0.15, 0.2) is 5.82 Å². The van der Waals surface area contributed by atoms with Gasteiger partial charge in [-0.2, -0.15) is 5.10 Å². The molecule has 134 valence electrons. The molecule has 2 aromatic rings. The zero-order valence-corrected chi connectivity index (χ0v) is 15.5. The number of aromatic nitrogens is 3. The van der Waals surface area contributed by atoms with Crippen LogP contribution in [0.4, 0.5) is 0 Å². The van der Waals surface area contributed by atoms with E-state index in [0.717, 1.165) is 11.4 Å². The van der Waals surface area contributed by atoms with E-state index in [2.05, 4.69) is 15.4 Å². The van der Waals surface area contributed by atoms with Crippen LogP contribution in [0.2, 0.25) is 0 Å². The molecular formula is C18H24N4O3. The van der Waals surface area contributed by atoms with E-state index in [4.69, 9.17) is 4.74 Å². The van der Waals surface area contributed by atoms with Crippen molar-refractivity contribution in [1.29, 1.82) is 0 Å². The number of ether oxygens (including phenoxy) is 1. The van der Waals surface area contributed by atoms with E-state index in [1.54, 1.807) is 16.8 Å². The van der Waals surface area contributed by atoms with Crippen molar-refractivity contribution in [3.8, 4) is 5.82 Å². The summed E-state index contributed by atoms with van der Waals surface area (Å²) in [6.45, 7) is 9.43. The van der Waals surface area contributed by atoms with Gasteiger partial charge in [-0.15, -0.1) is 0 Å². The Bertz CT molecular complexity index is 773. The molecule has 1 amide bonds. The summed E-state index contributed by atoms with van der Waals surface area (Å²) in [4.78, 5) is 28.7. The third-order valence-corrected chi connectivity index (χ3v) is 3.82. The van der Waals surface area contributed by atoms with Crippen molar-refractivity contribution >= 4 is 11.9 Å². The molecule has 0 fully saturated rings. The number of rotatable bonds is 4. The Hall–Kier alpha value is -2.70. The molecule has 0 saturated heterocycles. The van der Waals surface area contributed by atoms with E-state index in [1.165, 1.54) is 13.3 Å². The van der Waals surface area contributed by atoms with E-state index in [1.807, 2.05) is 40.7 Å². The van der Waals surface area contributed by atoms with Gasteiger partial charge in [-0.25, -0.2) is 14.5 Å². The van der Waals surface area contributed by atoms with Gasteiger partial charge in [0, 0.05) is 11.9 Å². The van der Waals surface area contributed by atoms with Crippen molar-refractivity contribution < 1.29 is 14.3 Å². The van der Waals surface area contributed by atoms with E-state index < -0.39 is 17.4 Å². The van der Waals surface area contributed by atoms with E-state index in [-0.39, 0.29) is 5.91 Å². The number of nitrogens with zero attached hydrogens (tertiary/aromatic N) is 3. The minimum absolute atomic E-state index is 0.364. The Labute approximate surface area is 147 Å². The summed E-state index contributed by atoms with van der Waals surface area (Å²) in [5, 5.41) is 7.09. The molecule has 2 heterocycles. The smallest absolute Gasteiger partial charge is 0.328 e. The summed E-state index contributed by atoms with van der Waals surface area (Å²) in [6.07, 6.45) is 1.47. The predicted octanol–water partition coefficient (Wildman–Crippen LogP) is 2.20. The van der Waals surface area contributed by atoms with Gasteiger partial charge in [-0.1, -0.05) is 20.8 Å². The van der Waals surface area contributed by atoms with Gasteiger partial charge in [0.25, 0.3) is 5.91 Å². The Balaban J connectivity index is 2.20. The molecule has 0 aliphatic carbocycles. The van der Waals surface area contributed by atoms with E-state index in [0.29, 0.717) is 11.4 Å². The van der Waals surface area contributed by atoms with Crippen molar-refractivity contribution in [3.05, 3.63) is 41.3 Å². The maximum absolute atomic E-state index is 12.5. The Morgan fingerprint density at radius 1 is 1.24 bits per heavy atom. The van der Waals surface area contributed by atoms with Gasteiger partial charge >= 0.3 is 5.97 Å². The molecule has 1 atom stereocenters. The monoisotopic (exact) mass is 344 g/mol. The summed E-state index contributed by atoms with van der Waals surface area (Å²) in [5.41, 5.74) is 1.75. The number of methoxy groups -OCH3 is 1. The van der Waals surface area contributed by atoms with Gasteiger partial charge < -0.3 is 10.1 Å². The number of nitrogens with one attached hydrogen (secondary N) is 1. The molecule has 2 aromatic heterocycles. The van der Waals surface area contributed by atoms with Crippen LogP contribution in [-0.2, 0) is 9.53 Å². The van der Waals surface area contributed by atoms with Crippen LogP contribution in [0.25, 0.3) is 5.82 Å². The predicted molar refractivity (Wildman–Crippen MR) is 93.6 cm³/mol. The molecule has 0 radical (unpaired) electrons. The van der Waals surface area contributed by atoms with Crippen LogP contribution < -0.4 is 5.32 Å². The zero-order chi connectivity index (χ0) is 18.8. The number of aryl methyl sites for hydroxylation is 2. The van der Waals surface area contributed by atoms with Crippen LogP contribution in [0, 0.1) is 19.3 Å². The van der Waals surface area contributed by atoms with Crippen molar-refractivity contribution in [2.75, 3.05) is 7.11 Å². The lowest BCUT2D eigenvalue weighted by Gasteiger charge is -2.28. The fourth-order valence-corrected chi connectivity index (χ4v) is 2.47. The highest BCUT2D eigenvalue weighted by molar-refractivity contribution is 5.96. The third-order valence-electron chi connectivity index (χ3n) is 3.82. The quantitative estimate of drug-likeness (QED) is 0.859. The van der Waals surface area contributed by atoms with Crippen LogP contribution in [0.3, 0.4) is 0 Å². The normalized spacial score (nSPS) is 12.6. The maximum Gasteiger partial charge on any atom is 0.328 e. The topological polar surface area (TPSA) is 86.1 Å². The van der Waals surface area contributed by atoms with Gasteiger partial charge in [0.05, 0.1) is 18.4 Å². The number of amides is 1. The molecule has 0 aliphatic rings. The van der Waals surface area contributed by atoms with E-state index >= 15 is 0 Å². The molecular weight excluding hydrogens is 320 g/mol. The second kappa shape index (κ2) is 7.04. The highest BCUT2D eigenvalue weighted by Crippen LogP contribution is 2.21. The number of carbonyl (C=O) groups excluding carboxylic acids is 2. The number of hydrogen-bond acceptors (Lipinski definition) is 5. The second-order valence-corrected chi connectivity index (χ2v) is 7.04. The largest absolute Gasteiger partial charge is 0.467 e. The average Bonchev–Trinajstić information content (AvgIpc) is 2.89. The van der Waals surface area contributed by atoms with Gasteiger partial charge in [-0.05, 0) is 37.5 Å². The fraction of sp³-hybridized carbons (Fsp3) is 0.444. The first-order chi connectivity index (χ1) is 11.6. The highest BCUT2D eigenvalue weighted by Gasteiger charge is 2.33. The number of esters is 1. The Morgan fingerprint density at radius 3 is 2.36 bits per heavy atom. The summed E-state index contributed by atoms with van der Waals surface area (Å²) in [6, 6.07) is 4.58. The summed E-state index contributed by atoms with van der Waals surface area (Å²) < 4.78 is 6.50. The van der Waals surface area contributed by atoms with Crippen LogP contribution in [0.1, 0.15) is 42.5 Å². The molecule has 0 aromatic carbocycles. The molecule has 7 heteroatoms. The molecule has 2 rings (SSSR count). The number of hydrogen-bond donors (Lipinski definition) is 1. The third kappa shape index (κ3) is 4.23. The first-order valence-electron chi connectivity index (χ1n) is 8.02. The minimum Gasteiger partial charge on any atom is -0.467 e. The first-order valence-corrected chi connectivity index (χ1v) is 8.02. The summed E-state index contributed by atoms with van der Waals surface area (Å²) in [7, 11) is 1.30. The number of carbonyl (C=O) groups is 2. The Kier molecular flexibility index (Phi) is 5.25. The van der Waals surface area contributed by atoms with Gasteiger partial charge in [-0.3, -0.25) is 4.79 Å². The van der Waals surface area contributed by atoms with Crippen LogP contribution in [-0.4, -0.2) is 39.8 Å². The summed E-state index contributed by atoms with van der Waals surface area (Å²) in [5.74, 6) is -0.228. The molecule has 0 bridgehead atoms. The lowest BCUT2D eigenvalue weighted by atomic mass is 9.86. The molecule has 1 N–H and O–H groups in total. The average molecular weight is 344 g/mol. The molecule has 0 spiro atoms. The molecule has 0 unspecified atom stereocenters. The zero-order valence-electron chi connectivity index (χ0n) is 15.5. The highest BCUT2D eigenvalue weighted by atomic mass is 16.5. The lowest BCUT2D eigenvalue weighted by Crippen LogP contribution is -2.49. The molecule has 25 heavy (non-hydrogen) atoms. The standard InChI is InChI=1S/C18H24N4O3/c1-11-9-12(2)22(21-11)14-8-7-13(10-19-14)16(23)20-15(17(24)25-6)18(3,4)5/h7-10,15H,1-6H3,(H,20,23)/t15-/m1/s1. The first kappa shape index (κ1) is 18.6. The molecule has 7 nitrogen and oxygen atoms in total. The fourth-order valence-electron chi connectivity index (χ4n) is 2.47.